The van der Waals surface area contributed by atoms with E-state index in [1.54, 1.807) is 24.3 Å². The fourth-order valence-electron chi connectivity index (χ4n) is 4.12. The standard InChI is InChI=1S/C24H20F4N4O3S/c25-17-3-2-15(19(9-17)24(26,27)28)11-32-20-4-1-14(7-16(20)10-29-32)8-21-22(34)30-23(36-21)31-5-6-35-18(12-31)13-33/h1-4,7-10,18,33H,5-6,11-13H2. The Morgan fingerprint density at radius 2 is 2.06 bits per heavy atom. The van der Waals surface area contributed by atoms with Crippen LogP contribution in [0.1, 0.15) is 16.7 Å². The number of benzene rings is 2. The van der Waals surface area contributed by atoms with Crippen molar-refractivity contribution < 1.29 is 32.2 Å². The summed E-state index contributed by atoms with van der Waals surface area (Å²) in [5.41, 5.74) is 0.178. The molecule has 36 heavy (non-hydrogen) atoms. The summed E-state index contributed by atoms with van der Waals surface area (Å²) in [5, 5.41) is 14.8. The molecule has 3 heterocycles. The Labute approximate surface area is 207 Å². The van der Waals surface area contributed by atoms with Crippen LogP contribution in [0.25, 0.3) is 17.0 Å². The van der Waals surface area contributed by atoms with Gasteiger partial charge in [0, 0.05) is 18.5 Å². The van der Waals surface area contributed by atoms with Crippen LogP contribution in [0.2, 0.25) is 0 Å². The number of aromatic nitrogens is 2. The molecule has 0 spiro atoms. The van der Waals surface area contributed by atoms with Gasteiger partial charge in [-0.25, -0.2) is 4.39 Å². The van der Waals surface area contributed by atoms with Gasteiger partial charge in [-0.05, 0) is 53.2 Å². The zero-order valence-corrected chi connectivity index (χ0v) is 19.5. The molecule has 2 aliphatic heterocycles. The van der Waals surface area contributed by atoms with E-state index in [1.165, 1.54) is 22.6 Å². The van der Waals surface area contributed by atoms with Gasteiger partial charge in [0.05, 0.1) is 48.0 Å². The quantitative estimate of drug-likeness (QED) is 0.415. The summed E-state index contributed by atoms with van der Waals surface area (Å²) >= 11 is 1.24. The summed E-state index contributed by atoms with van der Waals surface area (Å²) in [6.45, 7) is 1.15. The molecule has 1 fully saturated rings. The van der Waals surface area contributed by atoms with Gasteiger partial charge >= 0.3 is 6.18 Å². The molecule has 1 aromatic heterocycles. The number of halogens is 4. The highest BCUT2D eigenvalue weighted by Gasteiger charge is 2.34. The number of morpholine rings is 1. The highest BCUT2D eigenvalue weighted by Crippen LogP contribution is 2.34. The summed E-state index contributed by atoms with van der Waals surface area (Å²) in [6.07, 6.45) is -1.79. The first-order chi connectivity index (χ1) is 17.2. The van der Waals surface area contributed by atoms with Gasteiger partial charge in [0.1, 0.15) is 5.82 Å². The number of amides is 1. The Morgan fingerprint density at radius 3 is 2.83 bits per heavy atom. The van der Waals surface area contributed by atoms with Crippen LogP contribution >= 0.6 is 11.8 Å². The molecule has 2 aromatic carbocycles. The van der Waals surface area contributed by atoms with E-state index in [4.69, 9.17) is 4.74 Å². The number of hydrogen-bond acceptors (Lipinski definition) is 6. The molecule has 1 atom stereocenters. The molecule has 12 heteroatoms. The van der Waals surface area contributed by atoms with E-state index < -0.39 is 17.6 Å². The van der Waals surface area contributed by atoms with Crippen LogP contribution in [0.15, 0.2) is 52.5 Å². The zero-order valence-electron chi connectivity index (χ0n) is 18.7. The molecule has 3 aromatic rings. The third kappa shape index (κ3) is 5.01. The number of aliphatic hydroxyl groups is 1. The molecular formula is C24H20F4N4O3S. The Kier molecular flexibility index (Phi) is 6.58. The van der Waals surface area contributed by atoms with Gasteiger partial charge in [0.25, 0.3) is 5.91 Å². The zero-order chi connectivity index (χ0) is 25.4. The number of fused-ring (bicyclic) bond motifs is 1. The number of amidine groups is 1. The van der Waals surface area contributed by atoms with Gasteiger partial charge in [0.2, 0.25) is 0 Å². The predicted octanol–water partition coefficient (Wildman–Crippen LogP) is 3.91. The lowest BCUT2D eigenvalue weighted by Gasteiger charge is -2.32. The minimum absolute atomic E-state index is 0.0933. The van der Waals surface area contributed by atoms with Gasteiger partial charge in [0.15, 0.2) is 5.17 Å². The van der Waals surface area contributed by atoms with E-state index in [1.807, 2.05) is 4.90 Å². The molecule has 0 aliphatic carbocycles. The number of ether oxygens (including phenoxy) is 1. The molecule has 0 radical (unpaired) electrons. The Hall–Kier alpha value is -3.22. The van der Waals surface area contributed by atoms with Gasteiger partial charge in [-0.15, -0.1) is 0 Å². The number of carbonyl (C=O) groups is 1. The number of rotatable bonds is 4. The second-order valence-corrected chi connectivity index (χ2v) is 9.36. The molecule has 2 aliphatic rings. The summed E-state index contributed by atoms with van der Waals surface area (Å²) < 4.78 is 60.4. The summed E-state index contributed by atoms with van der Waals surface area (Å²) in [4.78, 5) is 18.9. The summed E-state index contributed by atoms with van der Waals surface area (Å²) in [6, 6.07) is 7.83. The first-order valence-corrected chi connectivity index (χ1v) is 11.8. The lowest BCUT2D eigenvalue weighted by molar-refractivity contribution is -0.138. The molecule has 1 amide bonds. The van der Waals surface area contributed by atoms with Crippen LogP contribution < -0.4 is 0 Å². The fraction of sp³-hybridized carbons (Fsp3) is 0.292. The monoisotopic (exact) mass is 520 g/mol. The number of nitrogens with zero attached hydrogens (tertiary/aromatic N) is 4. The number of thioether (sulfide) groups is 1. The minimum atomic E-state index is -4.69. The maximum Gasteiger partial charge on any atom is 0.416 e. The van der Waals surface area contributed by atoms with Crippen molar-refractivity contribution in [1.29, 1.82) is 0 Å². The van der Waals surface area contributed by atoms with Gasteiger partial charge < -0.3 is 14.7 Å². The summed E-state index contributed by atoms with van der Waals surface area (Å²) in [7, 11) is 0. The van der Waals surface area contributed by atoms with Crippen molar-refractivity contribution in [3.05, 3.63) is 70.0 Å². The van der Waals surface area contributed by atoms with E-state index in [9.17, 15) is 27.5 Å². The molecule has 1 N–H and O–H groups in total. The van der Waals surface area contributed by atoms with Crippen molar-refractivity contribution >= 4 is 39.8 Å². The maximum atomic E-state index is 13.4. The van der Waals surface area contributed by atoms with Crippen LogP contribution in [0.4, 0.5) is 17.6 Å². The van der Waals surface area contributed by atoms with E-state index in [0.29, 0.717) is 52.3 Å². The number of aliphatic hydroxyl groups excluding tert-OH is 1. The molecule has 1 saturated heterocycles. The van der Waals surface area contributed by atoms with Crippen LogP contribution in [-0.2, 0) is 22.3 Å². The topological polar surface area (TPSA) is 80.0 Å². The number of hydrogen-bond donors (Lipinski definition) is 1. The average Bonchev–Trinajstić information content (AvgIpc) is 3.42. The number of aliphatic imine (C=N–C) groups is 1. The third-order valence-corrected chi connectivity index (χ3v) is 6.93. The SMILES string of the molecule is O=C1N=C(N2CCOC(CO)C2)SC1=Cc1ccc2c(cnn2Cc2ccc(F)cc2C(F)(F)F)c1. The van der Waals surface area contributed by atoms with Crippen molar-refractivity contribution in [2.45, 2.75) is 18.8 Å². The summed E-state index contributed by atoms with van der Waals surface area (Å²) in [5.74, 6) is -1.32. The smallest absolute Gasteiger partial charge is 0.394 e. The molecular weight excluding hydrogens is 500 g/mol. The first kappa shape index (κ1) is 24.5. The fourth-order valence-corrected chi connectivity index (χ4v) is 5.07. The lowest BCUT2D eigenvalue weighted by Crippen LogP contribution is -2.45. The highest BCUT2D eigenvalue weighted by molar-refractivity contribution is 8.18. The third-order valence-electron chi connectivity index (χ3n) is 5.88. The Balaban J connectivity index is 1.35. The minimum Gasteiger partial charge on any atom is -0.394 e. The normalized spacial score (nSPS) is 20.0. The lowest BCUT2D eigenvalue weighted by atomic mass is 10.1. The highest BCUT2D eigenvalue weighted by atomic mass is 32.2. The molecule has 0 saturated carbocycles. The van der Waals surface area contributed by atoms with Gasteiger partial charge in [-0.3, -0.25) is 9.48 Å². The van der Waals surface area contributed by atoms with Crippen molar-refractivity contribution in [2.24, 2.45) is 4.99 Å². The second-order valence-electron chi connectivity index (χ2n) is 8.35. The number of carbonyl (C=O) groups excluding carboxylic acids is 1. The molecule has 7 nitrogen and oxygen atoms in total. The largest absolute Gasteiger partial charge is 0.416 e. The van der Waals surface area contributed by atoms with Gasteiger partial charge in [-0.2, -0.15) is 23.3 Å². The van der Waals surface area contributed by atoms with E-state index >= 15 is 0 Å². The van der Waals surface area contributed by atoms with Crippen LogP contribution in [0, 0.1) is 5.82 Å². The Morgan fingerprint density at radius 1 is 1.22 bits per heavy atom. The van der Waals surface area contributed by atoms with Crippen molar-refractivity contribution in [3.63, 3.8) is 0 Å². The molecule has 1 unspecified atom stereocenters. The van der Waals surface area contributed by atoms with Crippen molar-refractivity contribution in [2.75, 3.05) is 26.3 Å². The van der Waals surface area contributed by atoms with E-state index in [-0.39, 0.29) is 30.7 Å². The molecule has 5 rings (SSSR count). The van der Waals surface area contributed by atoms with Crippen LogP contribution in [-0.4, -0.2) is 63.3 Å². The predicted molar refractivity (Wildman–Crippen MR) is 127 cm³/mol. The first-order valence-electron chi connectivity index (χ1n) is 11.0. The van der Waals surface area contributed by atoms with E-state index in [2.05, 4.69) is 10.1 Å². The maximum absolute atomic E-state index is 13.4. The molecule has 188 valence electrons. The van der Waals surface area contributed by atoms with E-state index in [0.717, 1.165) is 12.1 Å². The number of alkyl halides is 3. The van der Waals surface area contributed by atoms with Crippen molar-refractivity contribution in [1.82, 2.24) is 14.7 Å². The second kappa shape index (κ2) is 9.68. The van der Waals surface area contributed by atoms with Crippen molar-refractivity contribution in [3.8, 4) is 0 Å². The van der Waals surface area contributed by atoms with Crippen LogP contribution in [0.5, 0.6) is 0 Å². The molecule has 0 bridgehead atoms. The van der Waals surface area contributed by atoms with Gasteiger partial charge in [-0.1, -0.05) is 12.1 Å². The average molecular weight is 521 g/mol. The Bertz CT molecular complexity index is 1390. The van der Waals surface area contributed by atoms with Crippen LogP contribution in [0.3, 0.4) is 0 Å².